The van der Waals surface area contributed by atoms with E-state index in [9.17, 15) is 9.59 Å². The number of nitrogens with one attached hydrogen (secondary N) is 1. The van der Waals surface area contributed by atoms with E-state index in [1.165, 1.54) is 0 Å². The van der Waals surface area contributed by atoms with Gasteiger partial charge in [0.15, 0.2) is 0 Å². The molecule has 0 bridgehead atoms. The number of nitrogens with zero attached hydrogens (tertiary/aromatic N) is 4. The normalized spacial score (nSPS) is 23.1. The summed E-state index contributed by atoms with van der Waals surface area (Å²) in [6.07, 6.45) is 8.50. The molecule has 0 radical (unpaired) electrons. The third-order valence-corrected chi connectivity index (χ3v) is 5.85. The highest BCUT2D eigenvalue weighted by atomic mass is 16.2. The van der Waals surface area contributed by atoms with Gasteiger partial charge in [0.25, 0.3) is 5.91 Å². The second-order valence-corrected chi connectivity index (χ2v) is 7.81. The van der Waals surface area contributed by atoms with Crippen molar-refractivity contribution in [2.75, 3.05) is 19.6 Å². The van der Waals surface area contributed by atoms with Gasteiger partial charge in [-0.2, -0.15) is 0 Å². The van der Waals surface area contributed by atoms with Gasteiger partial charge in [0.05, 0.1) is 6.33 Å². The fourth-order valence-corrected chi connectivity index (χ4v) is 4.39. The number of piperidine rings is 2. The largest absolute Gasteiger partial charge is 0.348 e. The van der Waals surface area contributed by atoms with Gasteiger partial charge in [0, 0.05) is 56.1 Å². The van der Waals surface area contributed by atoms with Gasteiger partial charge in [-0.15, -0.1) is 0 Å². The Morgan fingerprint density at radius 2 is 2.07 bits per heavy atom. The van der Waals surface area contributed by atoms with Crippen LogP contribution < -0.4 is 0 Å². The minimum Gasteiger partial charge on any atom is -0.348 e. The summed E-state index contributed by atoms with van der Waals surface area (Å²) in [5, 5.41) is 0. The molecule has 27 heavy (non-hydrogen) atoms. The molecular weight excluding hydrogens is 342 g/mol. The van der Waals surface area contributed by atoms with E-state index in [-0.39, 0.29) is 17.2 Å². The van der Waals surface area contributed by atoms with Crippen LogP contribution in [0.2, 0.25) is 0 Å². The summed E-state index contributed by atoms with van der Waals surface area (Å²) in [7, 11) is 0. The molecule has 0 aliphatic carbocycles. The van der Waals surface area contributed by atoms with Crippen LogP contribution in [0.15, 0.2) is 30.9 Å². The number of pyridine rings is 1. The van der Waals surface area contributed by atoms with Crippen molar-refractivity contribution in [1.29, 1.82) is 0 Å². The highest BCUT2D eigenvalue weighted by Crippen LogP contribution is 2.39. The van der Waals surface area contributed by atoms with E-state index in [1.807, 2.05) is 28.9 Å². The Kier molecular flexibility index (Phi) is 4.68. The molecule has 0 unspecified atom stereocenters. The lowest BCUT2D eigenvalue weighted by molar-refractivity contribution is -0.139. The lowest BCUT2D eigenvalue weighted by atomic mass is 9.73. The van der Waals surface area contributed by atoms with Crippen LogP contribution in [0.3, 0.4) is 0 Å². The fraction of sp³-hybridized carbons (Fsp3) is 0.500. The molecule has 2 aromatic rings. The van der Waals surface area contributed by atoms with E-state index in [0.29, 0.717) is 31.7 Å². The van der Waals surface area contributed by atoms with Crippen molar-refractivity contribution in [3.05, 3.63) is 47.8 Å². The van der Waals surface area contributed by atoms with Gasteiger partial charge in [0.1, 0.15) is 5.69 Å². The predicted molar refractivity (Wildman–Crippen MR) is 99.8 cm³/mol. The number of carbonyl (C=O) groups is 2. The lowest BCUT2D eigenvalue weighted by Crippen LogP contribution is -2.54. The average molecular weight is 367 g/mol. The Bertz CT molecular complexity index is 834. The SMILES string of the molecule is Cc1[nH]cnc1C(=O)N1CCC[C@@]2(CCC(=O)N(Cc3ccncc3)C2)C1. The molecule has 0 aromatic carbocycles. The maximum absolute atomic E-state index is 12.9. The molecule has 2 aromatic heterocycles. The van der Waals surface area contributed by atoms with Crippen LogP contribution in [0.25, 0.3) is 0 Å². The smallest absolute Gasteiger partial charge is 0.274 e. The number of aromatic amines is 1. The molecule has 4 rings (SSSR count). The minimum atomic E-state index is -0.0148. The van der Waals surface area contributed by atoms with Gasteiger partial charge in [-0.3, -0.25) is 14.6 Å². The van der Waals surface area contributed by atoms with Crippen molar-refractivity contribution in [2.45, 2.75) is 39.2 Å². The zero-order valence-electron chi connectivity index (χ0n) is 15.6. The number of amides is 2. The third-order valence-electron chi connectivity index (χ3n) is 5.85. The van der Waals surface area contributed by atoms with Crippen molar-refractivity contribution in [3.8, 4) is 0 Å². The first-order valence-corrected chi connectivity index (χ1v) is 9.52. The molecule has 1 atom stereocenters. The first-order valence-electron chi connectivity index (χ1n) is 9.52. The van der Waals surface area contributed by atoms with Gasteiger partial charge >= 0.3 is 0 Å². The highest BCUT2D eigenvalue weighted by Gasteiger charge is 2.43. The van der Waals surface area contributed by atoms with E-state index in [4.69, 9.17) is 0 Å². The Balaban J connectivity index is 1.49. The number of H-pyrrole nitrogens is 1. The van der Waals surface area contributed by atoms with E-state index in [0.717, 1.165) is 37.1 Å². The lowest BCUT2D eigenvalue weighted by Gasteiger charge is -2.48. The quantitative estimate of drug-likeness (QED) is 0.901. The van der Waals surface area contributed by atoms with Crippen LogP contribution in [-0.4, -0.2) is 56.2 Å². The first kappa shape index (κ1) is 17.7. The second-order valence-electron chi connectivity index (χ2n) is 7.81. The molecule has 2 saturated heterocycles. The van der Waals surface area contributed by atoms with E-state index in [1.54, 1.807) is 18.7 Å². The third kappa shape index (κ3) is 3.59. The zero-order chi connectivity index (χ0) is 18.9. The molecule has 1 spiro atoms. The number of rotatable bonds is 3. The molecular formula is C20H25N5O2. The number of aromatic nitrogens is 3. The maximum atomic E-state index is 12.9. The summed E-state index contributed by atoms with van der Waals surface area (Å²) in [4.78, 5) is 40.5. The topological polar surface area (TPSA) is 82.2 Å². The van der Waals surface area contributed by atoms with Crippen molar-refractivity contribution in [1.82, 2.24) is 24.8 Å². The molecule has 142 valence electrons. The van der Waals surface area contributed by atoms with Crippen LogP contribution in [0.5, 0.6) is 0 Å². The standard InChI is InChI=1S/C20H25N5O2/c1-15-18(23-14-22-15)19(27)24-10-2-6-20(12-24)7-3-17(26)25(13-20)11-16-4-8-21-9-5-16/h4-5,8-9,14H,2-3,6-7,10-13H2,1H3,(H,22,23)/t20-/m1/s1. The Hall–Kier alpha value is -2.70. The van der Waals surface area contributed by atoms with Gasteiger partial charge in [-0.05, 0) is 43.9 Å². The second kappa shape index (κ2) is 7.13. The summed E-state index contributed by atoms with van der Waals surface area (Å²) in [5.74, 6) is 0.189. The predicted octanol–water partition coefficient (Wildman–Crippen LogP) is 2.16. The summed E-state index contributed by atoms with van der Waals surface area (Å²) in [6, 6.07) is 3.90. The molecule has 4 heterocycles. The van der Waals surface area contributed by atoms with Crippen LogP contribution in [0.1, 0.15) is 47.4 Å². The number of hydrogen-bond donors (Lipinski definition) is 1. The molecule has 2 fully saturated rings. The minimum absolute atomic E-state index is 0.00888. The van der Waals surface area contributed by atoms with Crippen LogP contribution in [0.4, 0.5) is 0 Å². The Morgan fingerprint density at radius 3 is 2.81 bits per heavy atom. The average Bonchev–Trinajstić information content (AvgIpc) is 3.11. The van der Waals surface area contributed by atoms with Gasteiger partial charge in [-0.1, -0.05) is 0 Å². The van der Waals surface area contributed by atoms with E-state index in [2.05, 4.69) is 15.0 Å². The van der Waals surface area contributed by atoms with Crippen molar-refractivity contribution < 1.29 is 9.59 Å². The Morgan fingerprint density at radius 1 is 1.26 bits per heavy atom. The summed E-state index contributed by atoms with van der Waals surface area (Å²) >= 11 is 0. The summed E-state index contributed by atoms with van der Waals surface area (Å²) in [6.45, 7) is 4.63. The molecule has 2 aliphatic heterocycles. The maximum Gasteiger partial charge on any atom is 0.274 e. The molecule has 1 N–H and O–H groups in total. The fourth-order valence-electron chi connectivity index (χ4n) is 4.39. The molecule has 2 aliphatic rings. The Labute approximate surface area is 158 Å². The molecule has 7 nitrogen and oxygen atoms in total. The number of likely N-dealkylation sites (tertiary alicyclic amines) is 2. The van der Waals surface area contributed by atoms with E-state index < -0.39 is 0 Å². The van der Waals surface area contributed by atoms with Crippen LogP contribution in [0, 0.1) is 12.3 Å². The monoisotopic (exact) mass is 367 g/mol. The molecule has 0 saturated carbocycles. The van der Waals surface area contributed by atoms with E-state index >= 15 is 0 Å². The number of imidazole rings is 1. The molecule has 2 amide bonds. The van der Waals surface area contributed by atoms with Gasteiger partial charge < -0.3 is 14.8 Å². The van der Waals surface area contributed by atoms with Crippen molar-refractivity contribution in [3.63, 3.8) is 0 Å². The van der Waals surface area contributed by atoms with Crippen LogP contribution >= 0.6 is 0 Å². The van der Waals surface area contributed by atoms with Crippen molar-refractivity contribution in [2.24, 2.45) is 5.41 Å². The summed E-state index contributed by atoms with van der Waals surface area (Å²) in [5.41, 5.74) is 2.38. The highest BCUT2D eigenvalue weighted by molar-refractivity contribution is 5.93. The van der Waals surface area contributed by atoms with Gasteiger partial charge in [0.2, 0.25) is 5.91 Å². The van der Waals surface area contributed by atoms with Gasteiger partial charge in [-0.25, -0.2) is 4.98 Å². The van der Waals surface area contributed by atoms with Crippen molar-refractivity contribution >= 4 is 11.8 Å². The summed E-state index contributed by atoms with van der Waals surface area (Å²) < 4.78 is 0. The number of carbonyl (C=O) groups excluding carboxylic acids is 2. The number of hydrogen-bond acceptors (Lipinski definition) is 4. The molecule has 7 heteroatoms. The zero-order valence-corrected chi connectivity index (χ0v) is 15.6. The first-order chi connectivity index (χ1) is 13.1. The number of aryl methyl sites for hydroxylation is 1. The van der Waals surface area contributed by atoms with Crippen LogP contribution in [-0.2, 0) is 11.3 Å².